The van der Waals surface area contributed by atoms with Crippen molar-refractivity contribution in [2.75, 3.05) is 5.32 Å². The summed E-state index contributed by atoms with van der Waals surface area (Å²) in [7, 11) is 0. The molecule has 0 spiro atoms. The standard InChI is InChI=1S/C22H27N3OS/c1-12(2)15-6-5-7-16(11-15)23-14(4)20-24-21(26)19-17-9-8-13(3)10-18(17)27-22(19)25-20/h5-7,11-14,23H,8-10H2,1-4H3,(H,24,25,26)/t13-,14+/m1/s1. The highest BCUT2D eigenvalue weighted by Gasteiger charge is 2.23. The van der Waals surface area contributed by atoms with E-state index in [2.05, 4.69) is 55.3 Å². The van der Waals surface area contributed by atoms with Crippen LogP contribution in [0, 0.1) is 5.92 Å². The van der Waals surface area contributed by atoms with Crippen LogP contribution < -0.4 is 10.9 Å². The molecule has 5 heteroatoms. The number of aromatic amines is 1. The molecule has 2 N–H and O–H groups in total. The second-order valence-corrected chi connectivity index (χ2v) is 9.21. The number of nitrogens with one attached hydrogen (secondary N) is 2. The van der Waals surface area contributed by atoms with Gasteiger partial charge in [-0.25, -0.2) is 4.98 Å². The van der Waals surface area contributed by atoms with Gasteiger partial charge in [-0.15, -0.1) is 11.3 Å². The quantitative estimate of drug-likeness (QED) is 0.635. The summed E-state index contributed by atoms with van der Waals surface area (Å²) in [6, 6.07) is 8.37. The number of rotatable bonds is 4. The minimum atomic E-state index is -0.0671. The summed E-state index contributed by atoms with van der Waals surface area (Å²) in [5, 5.41) is 4.31. The van der Waals surface area contributed by atoms with Gasteiger partial charge < -0.3 is 10.3 Å². The minimum Gasteiger partial charge on any atom is -0.375 e. The number of hydrogen-bond acceptors (Lipinski definition) is 4. The van der Waals surface area contributed by atoms with Gasteiger partial charge in [-0.2, -0.15) is 0 Å². The van der Waals surface area contributed by atoms with Gasteiger partial charge in [0.05, 0.1) is 11.4 Å². The fraction of sp³-hybridized carbons (Fsp3) is 0.455. The first-order valence-corrected chi connectivity index (χ1v) is 10.6. The summed E-state index contributed by atoms with van der Waals surface area (Å²) in [4.78, 5) is 22.9. The molecule has 4 rings (SSSR count). The molecule has 1 aromatic carbocycles. The second-order valence-electron chi connectivity index (χ2n) is 8.13. The van der Waals surface area contributed by atoms with Crippen molar-refractivity contribution >= 4 is 27.2 Å². The highest BCUT2D eigenvalue weighted by molar-refractivity contribution is 7.18. The van der Waals surface area contributed by atoms with Gasteiger partial charge in [0.2, 0.25) is 0 Å². The van der Waals surface area contributed by atoms with E-state index in [1.54, 1.807) is 11.3 Å². The molecule has 1 aliphatic rings. The zero-order valence-corrected chi connectivity index (χ0v) is 17.2. The Morgan fingerprint density at radius 1 is 1.30 bits per heavy atom. The van der Waals surface area contributed by atoms with Crippen LogP contribution in [0.5, 0.6) is 0 Å². The smallest absolute Gasteiger partial charge is 0.259 e. The fourth-order valence-electron chi connectivity index (χ4n) is 3.88. The number of aromatic nitrogens is 2. The molecule has 2 heterocycles. The van der Waals surface area contributed by atoms with Gasteiger partial charge in [-0.05, 0) is 61.3 Å². The largest absolute Gasteiger partial charge is 0.375 e. The Hall–Kier alpha value is -2.14. The molecule has 0 radical (unpaired) electrons. The van der Waals surface area contributed by atoms with Crippen LogP contribution in [0.3, 0.4) is 0 Å². The molecule has 27 heavy (non-hydrogen) atoms. The van der Waals surface area contributed by atoms with E-state index in [9.17, 15) is 4.79 Å². The number of anilines is 1. The van der Waals surface area contributed by atoms with Crippen molar-refractivity contribution < 1.29 is 0 Å². The topological polar surface area (TPSA) is 57.8 Å². The van der Waals surface area contributed by atoms with Crippen molar-refractivity contribution in [3.8, 4) is 0 Å². The van der Waals surface area contributed by atoms with E-state index in [1.165, 1.54) is 16.0 Å². The normalized spacial score (nSPS) is 17.9. The molecule has 0 bridgehead atoms. The number of benzene rings is 1. The summed E-state index contributed by atoms with van der Waals surface area (Å²) in [5.41, 5.74) is 3.59. The average molecular weight is 382 g/mol. The summed E-state index contributed by atoms with van der Waals surface area (Å²) in [6.07, 6.45) is 3.22. The van der Waals surface area contributed by atoms with Gasteiger partial charge in [-0.1, -0.05) is 32.9 Å². The number of thiophene rings is 1. The van der Waals surface area contributed by atoms with Crippen molar-refractivity contribution in [2.24, 2.45) is 5.92 Å². The van der Waals surface area contributed by atoms with Crippen LogP contribution in [0.25, 0.3) is 10.2 Å². The van der Waals surface area contributed by atoms with Crippen molar-refractivity contribution in [3.05, 3.63) is 56.4 Å². The molecular formula is C22H27N3OS. The molecule has 0 saturated carbocycles. The Bertz CT molecular complexity index is 1030. The molecule has 0 saturated heterocycles. The van der Waals surface area contributed by atoms with Gasteiger partial charge in [0.1, 0.15) is 10.7 Å². The lowest BCUT2D eigenvalue weighted by atomic mass is 9.89. The number of aryl methyl sites for hydroxylation is 1. The van der Waals surface area contributed by atoms with E-state index in [0.29, 0.717) is 17.7 Å². The lowest BCUT2D eigenvalue weighted by Gasteiger charge is -2.17. The molecule has 0 aliphatic heterocycles. The van der Waals surface area contributed by atoms with Gasteiger partial charge in [0, 0.05) is 10.6 Å². The monoisotopic (exact) mass is 381 g/mol. The van der Waals surface area contributed by atoms with Crippen LogP contribution >= 0.6 is 11.3 Å². The molecule has 1 aliphatic carbocycles. The Labute approximate surface area is 164 Å². The van der Waals surface area contributed by atoms with Gasteiger partial charge in [0.15, 0.2) is 0 Å². The maximum Gasteiger partial charge on any atom is 0.259 e. The molecule has 4 nitrogen and oxygen atoms in total. The van der Waals surface area contributed by atoms with Crippen molar-refractivity contribution in [1.29, 1.82) is 0 Å². The molecule has 2 aromatic heterocycles. The van der Waals surface area contributed by atoms with Crippen LogP contribution in [-0.4, -0.2) is 9.97 Å². The van der Waals surface area contributed by atoms with Crippen LogP contribution in [0.15, 0.2) is 29.1 Å². The highest BCUT2D eigenvalue weighted by atomic mass is 32.1. The molecule has 3 aromatic rings. The number of hydrogen-bond donors (Lipinski definition) is 2. The van der Waals surface area contributed by atoms with Gasteiger partial charge in [-0.3, -0.25) is 4.79 Å². The summed E-state index contributed by atoms with van der Waals surface area (Å²) in [5.74, 6) is 1.88. The lowest BCUT2D eigenvalue weighted by Crippen LogP contribution is -2.18. The van der Waals surface area contributed by atoms with Gasteiger partial charge in [0.25, 0.3) is 5.56 Å². The number of H-pyrrole nitrogens is 1. The van der Waals surface area contributed by atoms with E-state index in [4.69, 9.17) is 4.98 Å². The summed E-state index contributed by atoms with van der Waals surface area (Å²) >= 11 is 1.70. The summed E-state index contributed by atoms with van der Waals surface area (Å²) in [6.45, 7) is 8.71. The average Bonchev–Trinajstić information content (AvgIpc) is 2.99. The van der Waals surface area contributed by atoms with Crippen LogP contribution in [0.4, 0.5) is 5.69 Å². The predicted molar refractivity (Wildman–Crippen MR) is 114 cm³/mol. The van der Waals surface area contributed by atoms with E-state index >= 15 is 0 Å². The third kappa shape index (κ3) is 3.53. The maximum absolute atomic E-state index is 12.8. The zero-order valence-electron chi connectivity index (χ0n) is 16.4. The second kappa shape index (κ2) is 7.12. The van der Waals surface area contributed by atoms with Crippen molar-refractivity contribution in [1.82, 2.24) is 9.97 Å². The first-order valence-electron chi connectivity index (χ1n) is 9.83. The predicted octanol–water partition coefficient (Wildman–Crippen LogP) is 5.41. The molecule has 0 amide bonds. The van der Waals surface area contributed by atoms with Crippen molar-refractivity contribution in [2.45, 2.75) is 58.9 Å². The Kier molecular flexibility index (Phi) is 4.81. The molecule has 142 valence electrons. The van der Waals surface area contributed by atoms with E-state index in [0.717, 1.165) is 35.2 Å². The van der Waals surface area contributed by atoms with Gasteiger partial charge >= 0.3 is 0 Å². The Morgan fingerprint density at radius 3 is 2.89 bits per heavy atom. The van der Waals surface area contributed by atoms with Crippen LogP contribution in [-0.2, 0) is 12.8 Å². The third-order valence-electron chi connectivity index (χ3n) is 5.53. The highest BCUT2D eigenvalue weighted by Crippen LogP contribution is 2.36. The summed E-state index contributed by atoms with van der Waals surface area (Å²) < 4.78 is 0. The lowest BCUT2D eigenvalue weighted by molar-refractivity contribution is 0.509. The first kappa shape index (κ1) is 18.2. The first-order chi connectivity index (χ1) is 12.9. The SMILES string of the molecule is CC(C)c1cccc(N[C@@H](C)c2nc3sc4c(c3c(=O)[nH]2)CC[C@@H](C)C4)c1. The van der Waals surface area contributed by atoms with E-state index in [1.807, 2.05) is 6.92 Å². The van der Waals surface area contributed by atoms with Crippen molar-refractivity contribution in [3.63, 3.8) is 0 Å². The van der Waals surface area contributed by atoms with E-state index < -0.39 is 0 Å². The molecule has 0 fully saturated rings. The van der Waals surface area contributed by atoms with E-state index in [-0.39, 0.29) is 11.6 Å². The fourth-order valence-corrected chi connectivity index (χ4v) is 5.27. The third-order valence-corrected chi connectivity index (χ3v) is 6.68. The number of nitrogens with zero attached hydrogens (tertiary/aromatic N) is 1. The Morgan fingerprint density at radius 2 is 2.11 bits per heavy atom. The number of fused-ring (bicyclic) bond motifs is 3. The molecule has 0 unspecified atom stereocenters. The minimum absolute atomic E-state index is 0.00614. The van der Waals surface area contributed by atoms with Crippen LogP contribution in [0.2, 0.25) is 0 Å². The molecular weight excluding hydrogens is 354 g/mol. The maximum atomic E-state index is 12.8. The van der Waals surface area contributed by atoms with Crippen LogP contribution in [0.1, 0.15) is 67.9 Å². The molecule has 2 atom stereocenters. The zero-order chi connectivity index (χ0) is 19.1. The Balaban J connectivity index is 1.66.